The summed E-state index contributed by atoms with van der Waals surface area (Å²) in [5.74, 6) is -0.00534. The number of hydrogen-bond donors (Lipinski definition) is 0. The van der Waals surface area contributed by atoms with Gasteiger partial charge in [-0.25, -0.2) is 0 Å². The van der Waals surface area contributed by atoms with Gasteiger partial charge in [-0.15, -0.1) is 0 Å². The van der Waals surface area contributed by atoms with E-state index >= 15 is 0 Å². The Morgan fingerprint density at radius 3 is 2.19 bits per heavy atom. The molecule has 2 atom stereocenters. The molecule has 1 saturated heterocycles. The van der Waals surface area contributed by atoms with E-state index in [9.17, 15) is 9.59 Å². The van der Waals surface area contributed by atoms with Gasteiger partial charge in [-0.05, 0) is 38.5 Å². The third-order valence-electron chi connectivity index (χ3n) is 5.53. The Kier molecular flexibility index (Phi) is 5.94. The van der Waals surface area contributed by atoms with Crippen LogP contribution in [0.2, 0.25) is 0 Å². The molecule has 4 nitrogen and oxygen atoms in total. The van der Waals surface area contributed by atoms with E-state index in [1.54, 1.807) is 0 Å². The molecule has 2 amide bonds. The summed E-state index contributed by atoms with van der Waals surface area (Å²) in [6.45, 7) is 8.45. The van der Waals surface area contributed by atoms with Crippen molar-refractivity contribution < 1.29 is 9.59 Å². The van der Waals surface area contributed by atoms with Crippen molar-refractivity contribution in [2.24, 2.45) is 5.92 Å². The minimum Gasteiger partial charge on any atom is -0.343 e. The zero-order valence-corrected chi connectivity index (χ0v) is 16.4. The van der Waals surface area contributed by atoms with Gasteiger partial charge in [-0.3, -0.25) is 9.59 Å². The summed E-state index contributed by atoms with van der Waals surface area (Å²) >= 11 is 0. The average molecular weight is 364 g/mol. The number of hydrogen-bond acceptors (Lipinski definition) is 2. The number of nitrogens with zero attached hydrogens (tertiary/aromatic N) is 2. The molecule has 142 valence electrons. The highest BCUT2D eigenvalue weighted by Gasteiger charge is 2.41. The van der Waals surface area contributed by atoms with Crippen molar-refractivity contribution in [1.82, 2.24) is 9.80 Å². The van der Waals surface area contributed by atoms with Crippen LogP contribution in [-0.2, 0) is 4.79 Å². The molecule has 4 heteroatoms. The second-order valence-electron chi connectivity index (χ2n) is 7.21. The van der Waals surface area contributed by atoms with Gasteiger partial charge in [-0.1, -0.05) is 48.0 Å². The lowest BCUT2D eigenvalue weighted by Gasteiger charge is -2.25. The van der Waals surface area contributed by atoms with Crippen LogP contribution in [-0.4, -0.2) is 47.8 Å². The molecule has 27 heavy (non-hydrogen) atoms. The number of aryl methyl sites for hydroxylation is 1. The van der Waals surface area contributed by atoms with Crippen molar-refractivity contribution in [2.75, 3.05) is 26.2 Å². The van der Waals surface area contributed by atoms with Crippen LogP contribution in [0.25, 0.3) is 0 Å². The highest BCUT2D eigenvalue weighted by Crippen LogP contribution is 2.34. The summed E-state index contributed by atoms with van der Waals surface area (Å²) < 4.78 is 0. The van der Waals surface area contributed by atoms with Gasteiger partial charge < -0.3 is 9.80 Å². The Bertz CT molecular complexity index is 782. The first-order chi connectivity index (χ1) is 13.0. The summed E-state index contributed by atoms with van der Waals surface area (Å²) in [5, 5.41) is 0. The van der Waals surface area contributed by atoms with E-state index in [0.29, 0.717) is 31.7 Å². The highest BCUT2D eigenvalue weighted by molar-refractivity contribution is 5.95. The van der Waals surface area contributed by atoms with Crippen molar-refractivity contribution in [1.29, 1.82) is 0 Å². The second-order valence-corrected chi connectivity index (χ2v) is 7.21. The molecule has 1 aliphatic rings. The van der Waals surface area contributed by atoms with Crippen molar-refractivity contribution in [3.63, 3.8) is 0 Å². The summed E-state index contributed by atoms with van der Waals surface area (Å²) in [7, 11) is 0. The smallest absolute Gasteiger partial charge is 0.253 e. The van der Waals surface area contributed by atoms with Gasteiger partial charge in [0, 0.05) is 37.7 Å². The first-order valence-electron chi connectivity index (χ1n) is 9.74. The van der Waals surface area contributed by atoms with Gasteiger partial charge in [0.1, 0.15) is 0 Å². The molecular weight excluding hydrogens is 336 g/mol. The number of rotatable bonds is 5. The minimum atomic E-state index is -0.193. The number of benzene rings is 2. The van der Waals surface area contributed by atoms with Crippen LogP contribution in [0.15, 0.2) is 54.6 Å². The molecule has 2 aromatic rings. The highest BCUT2D eigenvalue weighted by atomic mass is 16.2. The topological polar surface area (TPSA) is 40.6 Å². The van der Waals surface area contributed by atoms with Gasteiger partial charge in [0.15, 0.2) is 0 Å². The third-order valence-corrected chi connectivity index (χ3v) is 5.53. The van der Waals surface area contributed by atoms with Crippen molar-refractivity contribution in [3.05, 3.63) is 71.3 Å². The molecular formula is C23H28N2O2. The number of likely N-dealkylation sites (tertiary alicyclic amines) is 1. The Morgan fingerprint density at radius 1 is 0.963 bits per heavy atom. The monoisotopic (exact) mass is 364 g/mol. The van der Waals surface area contributed by atoms with Gasteiger partial charge in [0.25, 0.3) is 5.91 Å². The van der Waals surface area contributed by atoms with E-state index in [1.165, 1.54) is 0 Å². The van der Waals surface area contributed by atoms with Crippen LogP contribution in [0.1, 0.15) is 41.3 Å². The van der Waals surface area contributed by atoms with Crippen LogP contribution in [0.5, 0.6) is 0 Å². The lowest BCUT2D eigenvalue weighted by molar-refractivity contribution is -0.135. The zero-order chi connectivity index (χ0) is 19.4. The normalized spacial score (nSPS) is 19.1. The van der Waals surface area contributed by atoms with E-state index in [1.807, 2.05) is 73.0 Å². The van der Waals surface area contributed by atoms with E-state index in [-0.39, 0.29) is 23.7 Å². The Hall–Kier alpha value is -2.62. The molecule has 0 radical (unpaired) electrons. The Balaban J connectivity index is 1.87. The molecule has 0 N–H and O–H groups in total. The quantitative estimate of drug-likeness (QED) is 0.811. The minimum absolute atomic E-state index is 0.00535. The third kappa shape index (κ3) is 4.05. The maximum absolute atomic E-state index is 13.1. The van der Waals surface area contributed by atoms with Crippen LogP contribution in [0, 0.1) is 12.8 Å². The summed E-state index contributed by atoms with van der Waals surface area (Å²) in [4.78, 5) is 29.9. The molecule has 0 aliphatic carbocycles. The lowest BCUT2D eigenvalue weighted by atomic mass is 9.88. The fourth-order valence-corrected chi connectivity index (χ4v) is 3.91. The van der Waals surface area contributed by atoms with Crippen molar-refractivity contribution in [3.8, 4) is 0 Å². The van der Waals surface area contributed by atoms with E-state index in [2.05, 4.69) is 12.1 Å². The molecule has 1 aliphatic heterocycles. The van der Waals surface area contributed by atoms with Gasteiger partial charge in [0.2, 0.25) is 5.91 Å². The van der Waals surface area contributed by atoms with E-state index in [0.717, 1.165) is 11.1 Å². The van der Waals surface area contributed by atoms with E-state index in [4.69, 9.17) is 0 Å². The first kappa shape index (κ1) is 19.2. The van der Waals surface area contributed by atoms with Crippen LogP contribution >= 0.6 is 0 Å². The summed E-state index contributed by atoms with van der Waals surface area (Å²) in [5.41, 5.74) is 2.94. The molecule has 1 heterocycles. The maximum Gasteiger partial charge on any atom is 0.253 e. The number of carbonyl (C=O) groups is 2. The maximum atomic E-state index is 13.1. The molecule has 0 unspecified atom stereocenters. The zero-order valence-electron chi connectivity index (χ0n) is 16.4. The van der Waals surface area contributed by atoms with Crippen LogP contribution in [0.4, 0.5) is 0 Å². The predicted molar refractivity (Wildman–Crippen MR) is 108 cm³/mol. The molecule has 3 rings (SSSR count). The SMILES string of the molecule is CCN(CC)C(=O)[C@H]1CN(C(=O)c2ccc(C)cc2)C[C@@H]1c1ccccc1. The Labute approximate surface area is 161 Å². The van der Waals surface area contributed by atoms with Gasteiger partial charge in [0.05, 0.1) is 5.92 Å². The summed E-state index contributed by atoms with van der Waals surface area (Å²) in [6, 6.07) is 17.8. The van der Waals surface area contributed by atoms with Gasteiger partial charge in [-0.2, -0.15) is 0 Å². The number of amides is 2. The summed E-state index contributed by atoms with van der Waals surface area (Å²) in [6.07, 6.45) is 0. The lowest BCUT2D eigenvalue weighted by Crippen LogP contribution is -2.39. The van der Waals surface area contributed by atoms with Crippen molar-refractivity contribution >= 4 is 11.8 Å². The fourth-order valence-electron chi connectivity index (χ4n) is 3.91. The van der Waals surface area contributed by atoms with Gasteiger partial charge >= 0.3 is 0 Å². The first-order valence-corrected chi connectivity index (χ1v) is 9.74. The second kappa shape index (κ2) is 8.38. The average Bonchev–Trinajstić information content (AvgIpc) is 3.15. The molecule has 0 aromatic heterocycles. The Morgan fingerprint density at radius 2 is 1.59 bits per heavy atom. The molecule has 0 spiro atoms. The standard InChI is InChI=1S/C23H28N2O2/c1-4-24(5-2)23(27)21-16-25(15-20(21)18-9-7-6-8-10-18)22(26)19-13-11-17(3)12-14-19/h6-14,20-21H,4-5,15-16H2,1-3H3/t20-,21+/m1/s1. The molecule has 2 aromatic carbocycles. The predicted octanol–water partition coefficient (Wildman–Crippen LogP) is 3.72. The van der Waals surface area contributed by atoms with Crippen LogP contribution < -0.4 is 0 Å². The van der Waals surface area contributed by atoms with E-state index < -0.39 is 0 Å². The molecule has 1 fully saturated rings. The molecule has 0 bridgehead atoms. The largest absolute Gasteiger partial charge is 0.343 e. The fraction of sp³-hybridized carbons (Fsp3) is 0.391. The molecule has 0 saturated carbocycles. The van der Waals surface area contributed by atoms with Crippen molar-refractivity contribution in [2.45, 2.75) is 26.7 Å². The van der Waals surface area contributed by atoms with Crippen LogP contribution in [0.3, 0.4) is 0 Å². The number of carbonyl (C=O) groups excluding carboxylic acids is 2.